The van der Waals surface area contributed by atoms with Crippen LogP contribution >= 0.6 is 11.3 Å². The molecule has 1 fully saturated rings. The summed E-state index contributed by atoms with van der Waals surface area (Å²) in [7, 11) is 0. The minimum Gasteiger partial charge on any atom is -0.449 e. The SMILES string of the molecule is O=c1[nH]c(C[NH+]2CCCC[C@H]2c2nc3ccccc3s2)nc2c1oc1ccccc12. The Morgan fingerprint density at radius 3 is 2.90 bits per heavy atom. The molecule has 0 aliphatic carbocycles. The van der Waals surface area contributed by atoms with Gasteiger partial charge in [0.2, 0.25) is 5.58 Å². The number of thiazole rings is 1. The van der Waals surface area contributed by atoms with Gasteiger partial charge in [-0.1, -0.05) is 24.3 Å². The van der Waals surface area contributed by atoms with Gasteiger partial charge >= 0.3 is 0 Å². The Kier molecular flexibility index (Phi) is 4.17. The van der Waals surface area contributed by atoms with E-state index < -0.39 is 0 Å². The van der Waals surface area contributed by atoms with E-state index in [2.05, 4.69) is 23.2 Å². The van der Waals surface area contributed by atoms with Gasteiger partial charge in [-0.25, -0.2) is 9.97 Å². The fraction of sp³-hybridized carbons (Fsp3) is 0.261. The fourth-order valence-corrected chi connectivity index (χ4v) is 5.73. The van der Waals surface area contributed by atoms with Gasteiger partial charge in [-0.15, -0.1) is 11.3 Å². The number of H-pyrrole nitrogens is 1. The smallest absolute Gasteiger partial charge is 0.294 e. The highest BCUT2D eigenvalue weighted by molar-refractivity contribution is 7.18. The minimum atomic E-state index is -0.209. The third-order valence-corrected chi connectivity index (χ3v) is 7.17. The standard InChI is InChI=1S/C23H20N4O2S/c28-22-21-20(14-7-1-3-10-17(14)29-21)25-19(26-22)13-27-12-6-5-9-16(27)23-24-15-8-2-4-11-18(15)30-23/h1-4,7-8,10-11,16H,5-6,9,12-13H2,(H,25,26,28)/p+1/t16-/m0/s1. The van der Waals surface area contributed by atoms with Gasteiger partial charge in [0.1, 0.15) is 23.7 Å². The lowest BCUT2D eigenvalue weighted by atomic mass is 10.0. The third-order valence-electron chi connectivity index (χ3n) is 6.02. The Bertz CT molecular complexity index is 1400. The number of benzene rings is 2. The summed E-state index contributed by atoms with van der Waals surface area (Å²) < 4.78 is 6.96. The maximum absolute atomic E-state index is 12.7. The summed E-state index contributed by atoms with van der Waals surface area (Å²) in [6.07, 6.45) is 3.49. The molecule has 2 atom stereocenters. The number of rotatable bonds is 3. The monoisotopic (exact) mass is 417 g/mol. The Hall–Kier alpha value is -3.03. The lowest BCUT2D eigenvalue weighted by Gasteiger charge is -2.30. The first kappa shape index (κ1) is 17.8. The number of furan rings is 1. The van der Waals surface area contributed by atoms with Gasteiger partial charge in [0.25, 0.3) is 5.56 Å². The fourth-order valence-electron chi connectivity index (χ4n) is 4.57. The van der Waals surface area contributed by atoms with E-state index in [0.29, 0.717) is 35.1 Å². The molecule has 0 saturated carbocycles. The highest BCUT2D eigenvalue weighted by Crippen LogP contribution is 2.29. The Labute approximate surface area is 176 Å². The van der Waals surface area contributed by atoms with Crippen LogP contribution in [0.25, 0.3) is 32.3 Å². The van der Waals surface area contributed by atoms with Crippen LogP contribution in [0.2, 0.25) is 0 Å². The molecule has 0 radical (unpaired) electrons. The Balaban J connectivity index is 1.38. The van der Waals surface area contributed by atoms with Crippen LogP contribution in [0.5, 0.6) is 0 Å². The zero-order valence-corrected chi connectivity index (χ0v) is 17.2. The van der Waals surface area contributed by atoms with E-state index in [4.69, 9.17) is 14.4 Å². The number of fused-ring (bicyclic) bond motifs is 4. The summed E-state index contributed by atoms with van der Waals surface area (Å²) in [6.45, 7) is 1.72. The lowest BCUT2D eigenvalue weighted by Crippen LogP contribution is -3.11. The summed E-state index contributed by atoms with van der Waals surface area (Å²) in [4.78, 5) is 26.8. The molecule has 1 unspecified atom stereocenters. The van der Waals surface area contributed by atoms with Crippen LogP contribution in [0.15, 0.2) is 57.7 Å². The largest absolute Gasteiger partial charge is 0.449 e. The van der Waals surface area contributed by atoms with E-state index in [1.54, 1.807) is 11.3 Å². The predicted molar refractivity (Wildman–Crippen MR) is 118 cm³/mol. The number of aromatic nitrogens is 3. The van der Waals surface area contributed by atoms with Gasteiger partial charge in [0.15, 0.2) is 10.8 Å². The molecular weight excluding hydrogens is 396 g/mol. The van der Waals surface area contributed by atoms with Gasteiger partial charge in [-0.05, 0) is 37.1 Å². The van der Waals surface area contributed by atoms with Crippen molar-refractivity contribution < 1.29 is 9.32 Å². The number of nitrogens with one attached hydrogen (secondary N) is 2. The average Bonchev–Trinajstić information content (AvgIpc) is 3.36. The van der Waals surface area contributed by atoms with Crippen molar-refractivity contribution in [1.29, 1.82) is 0 Å². The number of likely N-dealkylation sites (tertiary alicyclic amines) is 1. The molecule has 1 saturated heterocycles. The minimum absolute atomic E-state index is 0.209. The van der Waals surface area contributed by atoms with Crippen LogP contribution in [-0.2, 0) is 6.54 Å². The molecule has 30 heavy (non-hydrogen) atoms. The maximum atomic E-state index is 12.7. The van der Waals surface area contributed by atoms with Gasteiger partial charge in [-0.3, -0.25) is 4.79 Å². The molecule has 0 spiro atoms. The van der Waals surface area contributed by atoms with Crippen molar-refractivity contribution in [2.75, 3.05) is 6.54 Å². The Morgan fingerprint density at radius 1 is 1.10 bits per heavy atom. The molecule has 0 amide bonds. The first-order valence-electron chi connectivity index (χ1n) is 10.4. The second kappa shape index (κ2) is 7.04. The Morgan fingerprint density at radius 2 is 1.97 bits per heavy atom. The normalized spacial score (nSPS) is 19.7. The van der Waals surface area contributed by atoms with Crippen molar-refractivity contribution in [3.8, 4) is 0 Å². The zero-order valence-electron chi connectivity index (χ0n) is 16.4. The quantitative estimate of drug-likeness (QED) is 0.470. The number of nitrogens with zero attached hydrogens (tertiary/aromatic N) is 2. The van der Waals surface area contributed by atoms with Gasteiger partial charge in [0, 0.05) is 11.8 Å². The van der Waals surface area contributed by atoms with Crippen LogP contribution < -0.4 is 10.5 Å². The van der Waals surface area contributed by atoms with Crippen molar-refractivity contribution in [2.24, 2.45) is 0 Å². The van der Waals surface area contributed by atoms with E-state index >= 15 is 0 Å². The molecule has 1 aliphatic rings. The van der Waals surface area contributed by atoms with Gasteiger partial charge < -0.3 is 14.3 Å². The third kappa shape index (κ3) is 2.93. The van der Waals surface area contributed by atoms with Crippen LogP contribution in [0, 0.1) is 0 Å². The molecule has 150 valence electrons. The van der Waals surface area contributed by atoms with Crippen molar-refractivity contribution in [3.05, 3.63) is 69.7 Å². The molecule has 3 aromatic heterocycles. The summed E-state index contributed by atoms with van der Waals surface area (Å²) >= 11 is 1.79. The first-order valence-corrected chi connectivity index (χ1v) is 11.2. The number of hydrogen-bond donors (Lipinski definition) is 2. The van der Waals surface area contributed by atoms with Gasteiger partial charge in [0.05, 0.1) is 16.8 Å². The number of quaternary nitrogens is 1. The molecule has 2 N–H and O–H groups in total. The predicted octanol–water partition coefficient (Wildman–Crippen LogP) is 3.59. The zero-order chi connectivity index (χ0) is 20.1. The van der Waals surface area contributed by atoms with E-state index in [0.717, 1.165) is 23.9 Å². The number of piperidine rings is 1. The molecule has 6 rings (SSSR count). The second-order valence-electron chi connectivity index (χ2n) is 7.94. The van der Waals surface area contributed by atoms with Crippen LogP contribution in [0.3, 0.4) is 0 Å². The summed E-state index contributed by atoms with van der Waals surface area (Å²) in [5, 5.41) is 2.07. The van der Waals surface area contributed by atoms with Gasteiger partial charge in [-0.2, -0.15) is 0 Å². The molecule has 4 heterocycles. The molecule has 1 aliphatic heterocycles. The van der Waals surface area contributed by atoms with E-state index in [1.165, 1.54) is 27.4 Å². The first-order chi connectivity index (χ1) is 14.8. The van der Waals surface area contributed by atoms with Crippen molar-refractivity contribution in [3.63, 3.8) is 0 Å². The van der Waals surface area contributed by atoms with Crippen molar-refractivity contribution in [2.45, 2.75) is 31.8 Å². The molecule has 7 heteroatoms. The summed E-state index contributed by atoms with van der Waals surface area (Å²) in [5.41, 5.74) is 2.51. The summed E-state index contributed by atoms with van der Waals surface area (Å²) in [6, 6.07) is 16.3. The summed E-state index contributed by atoms with van der Waals surface area (Å²) in [5.74, 6) is 0.710. The molecular formula is C23H21N4O2S+. The van der Waals surface area contributed by atoms with Crippen LogP contribution in [0.4, 0.5) is 0 Å². The molecule has 0 bridgehead atoms. The van der Waals surface area contributed by atoms with E-state index in [-0.39, 0.29) is 5.56 Å². The second-order valence-corrected chi connectivity index (χ2v) is 9.00. The van der Waals surface area contributed by atoms with Crippen LogP contribution in [-0.4, -0.2) is 21.5 Å². The topological polar surface area (TPSA) is 76.2 Å². The number of aromatic amines is 1. The van der Waals surface area contributed by atoms with E-state index in [1.807, 2.05) is 30.3 Å². The molecule has 5 aromatic rings. The lowest BCUT2D eigenvalue weighted by molar-refractivity contribution is -0.950. The highest BCUT2D eigenvalue weighted by atomic mass is 32.1. The number of para-hydroxylation sites is 2. The van der Waals surface area contributed by atoms with Crippen molar-refractivity contribution >= 4 is 43.6 Å². The van der Waals surface area contributed by atoms with Crippen LogP contribution in [0.1, 0.15) is 36.1 Å². The molecule has 2 aromatic carbocycles. The van der Waals surface area contributed by atoms with Crippen molar-refractivity contribution in [1.82, 2.24) is 15.0 Å². The van der Waals surface area contributed by atoms with E-state index in [9.17, 15) is 4.79 Å². The number of hydrogen-bond acceptors (Lipinski definition) is 5. The molecule has 6 nitrogen and oxygen atoms in total. The average molecular weight is 418 g/mol. The highest BCUT2D eigenvalue weighted by Gasteiger charge is 2.31. The maximum Gasteiger partial charge on any atom is 0.294 e.